The second-order valence-electron chi connectivity index (χ2n) is 5.93. The number of hydrogen-bond acceptors (Lipinski definition) is 4. The van der Waals surface area contributed by atoms with Crippen LogP contribution in [0.1, 0.15) is 34.7 Å². The SMILES string of the molecule is CCOc1cccn2c(C(=O)N[C@@H](CO)c3ccccc3)c(C(F)(F)F)nc12. The number of hydrogen-bond donors (Lipinski definition) is 2. The Balaban J connectivity index is 2.07. The van der Waals surface area contributed by atoms with Gasteiger partial charge in [-0.15, -0.1) is 0 Å². The minimum absolute atomic E-state index is 0.109. The van der Waals surface area contributed by atoms with Gasteiger partial charge in [0.05, 0.1) is 19.3 Å². The van der Waals surface area contributed by atoms with Crippen LogP contribution in [0.25, 0.3) is 5.65 Å². The van der Waals surface area contributed by atoms with E-state index >= 15 is 0 Å². The molecular weight excluding hydrogens is 375 g/mol. The quantitative estimate of drug-likeness (QED) is 0.674. The summed E-state index contributed by atoms with van der Waals surface area (Å²) in [6, 6.07) is 10.6. The van der Waals surface area contributed by atoms with Crippen LogP contribution >= 0.6 is 0 Å². The van der Waals surface area contributed by atoms with Crippen LogP contribution in [0, 0.1) is 0 Å². The van der Waals surface area contributed by atoms with Gasteiger partial charge >= 0.3 is 6.18 Å². The van der Waals surface area contributed by atoms with Gasteiger partial charge < -0.3 is 15.2 Å². The standard InChI is InChI=1S/C19H18F3N3O3/c1-2-28-14-9-6-10-25-15(16(19(20,21)22)24-17(14)25)18(27)23-13(11-26)12-7-4-3-5-8-12/h3-10,13,26H,2,11H2,1H3,(H,23,27)/t13-/m0/s1. The van der Waals surface area contributed by atoms with E-state index in [0.717, 1.165) is 4.40 Å². The second kappa shape index (κ2) is 7.89. The molecule has 9 heteroatoms. The lowest BCUT2D eigenvalue weighted by atomic mass is 10.1. The third-order valence-electron chi connectivity index (χ3n) is 4.09. The summed E-state index contributed by atoms with van der Waals surface area (Å²) in [5.74, 6) is -0.868. The van der Waals surface area contributed by atoms with Gasteiger partial charge in [0.25, 0.3) is 5.91 Å². The van der Waals surface area contributed by atoms with Crippen LogP contribution in [0.2, 0.25) is 0 Å². The molecule has 1 amide bonds. The smallest absolute Gasteiger partial charge is 0.435 e. The number of carbonyl (C=O) groups excluding carboxylic acids is 1. The lowest BCUT2D eigenvalue weighted by Crippen LogP contribution is -2.33. The van der Waals surface area contributed by atoms with E-state index in [2.05, 4.69) is 10.3 Å². The number of benzene rings is 1. The topological polar surface area (TPSA) is 75.9 Å². The molecule has 0 aliphatic rings. The normalized spacial score (nSPS) is 12.8. The number of nitrogens with one attached hydrogen (secondary N) is 1. The van der Waals surface area contributed by atoms with E-state index in [1.54, 1.807) is 37.3 Å². The number of imidazole rings is 1. The molecule has 0 aliphatic heterocycles. The van der Waals surface area contributed by atoms with Gasteiger partial charge in [0.15, 0.2) is 17.1 Å². The monoisotopic (exact) mass is 393 g/mol. The number of amides is 1. The third-order valence-corrected chi connectivity index (χ3v) is 4.09. The van der Waals surface area contributed by atoms with E-state index < -0.39 is 36.1 Å². The lowest BCUT2D eigenvalue weighted by Gasteiger charge is -2.17. The van der Waals surface area contributed by atoms with Crippen LogP contribution in [0.15, 0.2) is 48.7 Å². The first kappa shape index (κ1) is 19.7. The minimum atomic E-state index is -4.84. The highest BCUT2D eigenvalue weighted by Crippen LogP contribution is 2.34. The number of nitrogens with zero attached hydrogens (tertiary/aromatic N) is 2. The van der Waals surface area contributed by atoms with Crippen LogP contribution in [-0.4, -0.2) is 33.6 Å². The number of ether oxygens (including phenoxy) is 1. The van der Waals surface area contributed by atoms with Gasteiger partial charge in [-0.25, -0.2) is 4.98 Å². The Kier molecular flexibility index (Phi) is 5.55. The molecule has 0 unspecified atom stereocenters. The summed E-state index contributed by atoms with van der Waals surface area (Å²) >= 11 is 0. The number of aliphatic hydroxyl groups excluding tert-OH is 1. The number of carbonyl (C=O) groups is 1. The van der Waals surface area contributed by atoms with E-state index in [0.29, 0.717) is 5.56 Å². The molecule has 1 aromatic carbocycles. The molecule has 1 atom stereocenters. The predicted octanol–water partition coefficient (Wildman–Crippen LogP) is 3.22. The molecule has 2 N–H and O–H groups in total. The Labute approximate surface area is 158 Å². The molecule has 0 saturated carbocycles. The van der Waals surface area contributed by atoms with Crippen LogP contribution in [-0.2, 0) is 6.18 Å². The Morgan fingerprint density at radius 3 is 2.57 bits per heavy atom. The summed E-state index contributed by atoms with van der Waals surface area (Å²) in [5.41, 5.74) is -1.53. The van der Waals surface area contributed by atoms with Crippen LogP contribution in [0.5, 0.6) is 5.75 Å². The Morgan fingerprint density at radius 1 is 1.25 bits per heavy atom. The second-order valence-corrected chi connectivity index (χ2v) is 5.93. The van der Waals surface area contributed by atoms with Crippen molar-refractivity contribution >= 4 is 11.6 Å². The molecular formula is C19H18F3N3O3. The van der Waals surface area contributed by atoms with E-state index in [-0.39, 0.29) is 18.0 Å². The van der Waals surface area contributed by atoms with Gasteiger partial charge in [0.1, 0.15) is 5.69 Å². The highest BCUT2D eigenvalue weighted by atomic mass is 19.4. The molecule has 0 aliphatic carbocycles. The van der Waals surface area contributed by atoms with Gasteiger partial charge in [-0.2, -0.15) is 13.2 Å². The molecule has 148 valence electrons. The average Bonchev–Trinajstić information content (AvgIpc) is 3.08. The molecule has 0 spiro atoms. The van der Waals surface area contributed by atoms with E-state index in [4.69, 9.17) is 4.74 Å². The van der Waals surface area contributed by atoms with Crippen molar-refractivity contribution in [1.82, 2.24) is 14.7 Å². The fourth-order valence-corrected chi connectivity index (χ4v) is 2.87. The lowest BCUT2D eigenvalue weighted by molar-refractivity contribution is -0.141. The van der Waals surface area contributed by atoms with Crippen molar-refractivity contribution in [3.8, 4) is 5.75 Å². The maximum atomic E-state index is 13.6. The van der Waals surface area contributed by atoms with Crippen molar-refractivity contribution in [3.63, 3.8) is 0 Å². The molecule has 3 rings (SSSR count). The number of rotatable bonds is 6. The van der Waals surface area contributed by atoms with Crippen molar-refractivity contribution in [2.24, 2.45) is 0 Å². The fourth-order valence-electron chi connectivity index (χ4n) is 2.87. The first-order chi connectivity index (χ1) is 13.4. The van der Waals surface area contributed by atoms with Crippen molar-refractivity contribution in [3.05, 3.63) is 65.6 Å². The highest BCUT2D eigenvalue weighted by molar-refractivity contribution is 5.95. The predicted molar refractivity (Wildman–Crippen MR) is 95.1 cm³/mol. The summed E-state index contributed by atoms with van der Waals surface area (Å²) in [7, 11) is 0. The van der Waals surface area contributed by atoms with Gasteiger partial charge in [-0.05, 0) is 24.6 Å². The number of halogens is 3. The molecule has 0 bridgehead atoms. The fraction of sp³-hybridized carbons (Fsp3) is 0.263. The Bertz CT molecular complexity index is 971. The Morgan fingerprint density at radius 2 is 1.96 bits per heavy atom. The van der Waals surface area contributed by atoms with Gasteiger partial charge in [-0.1, -0.05) is 30.3 Å². The summed E-state index contributed by atoms with van der Waals surface area (Å²) in [6.45, 7) is 1.45. The minimum Gasteiger partial charge on any atom is -0.490 e. The average molecular weight is 393 g/mol. The van der Waals surface area contributed by atoms with Crippen molar-refractivity contribution < 1.29 is 27.8 Å². The largest absolute Gasteiger partial charge is 0.490 e. The molecule has 0 radical (unpaired) electrons. The molecule has 3 aromatic rings. The Hall–Kier alpha value is -3.07. The number of fused-ring (bicyclic) bond motifs is 1. The number of pyridine rings is 1. The number of alkyl halides is 3. The molecule has 2 aromatic heterocycles. The molecule has 6 nitrogen and oxygen atoms in total. The van der Waals surface area contributed by atoms with E-state index in [1.165, 1.54) is 18.3 Å². The van der Waals surface area contributed by atoms with Crippen molar-refractivity contribution in [1.29, 1.82) is 0 Å². The zero-order chi connectivity index (χ0) is 20.3. The highest BCUT2D eigenvalue weighted by Gasteiger charge is 2.41. The van der Waals surface area contributed by atoms with E-state index in [1.807, 2.05) is 0 Å². The van der Waals surface area contributed by atoms with Gasteiger partial charge in [-0.3, -0.25) is 9.20 Å². The van der Waals surface area contributed by atoms with Crippen LogP contribution in [0.3, 0.4) is 0 Å². The first-order valence-corrected chi connectivity index (χ1v) is 8.54. The van der Waals surface area contributed by atoms with Gasteiger partial charge in [0, 0.05) is 6.20 Å². The zero-order valence-corrected chi connectivity index (χ0v) is 14.9. The van der Waals surface area contributed by atoms with E-state index in [9.17, 15) is 23.1 Å². The molecule has 28 heavy (non-hydrogen) atoms. The van der Waals surface area contributed by atoms with Crippen LogP contribution in [0.4, 0.5) is 13.2 Å². The zero-order valence-electron chi connectivity index (χ0n) is 14.9. The summed E-state index contributed by atoms with van der Waals surface area (Å²) in [5, 5.41) is 12.1. The number of aromatic nitrogens is 2. The van der Waals surface area contributed by atoms with Crippen LogP contribution < -0.4 is 10.1 Å². The van der Waals surface area contributed by atoms with Crippen molar-refractivity contribution in [2.45, 2.75) is 19.1 Å². The summed E-state index contributed by atoms with van der Waals surface area (Å²) < 4.78 is 47.1. The summed E-state index contributed by atoms with van der Waals surface area (Å²) in [6.07, 6.45) is -3.53. The summed E-state index contributed by atoms with van der Waals surface area (Å²) in [4.78, 5) is 16.4. The first-order valence-electron chi connectivity index (χ1n) is 8.54. The molecule has 0 saturated heterocycles. The number of aliphatic hydroxyl groups is 1. The molecule has 0 fully saturated rings. The maximum Gasteiger partial charge on any atom is 0.435 e. The third kappa shape index (κ3) is 3.79. The maximum absolute atomic E-state index is 13.6. The molecule has 2 heterocycles. The van der Waals surface area contributed by atoms with Gasteiger partial charge in [0.2, 0.25) is 0 Å². The van der Waals surface area contributed by atoms with Crippen molar-refractivity contribution in [2.75, 3.05) is 13.2 Å².